The summed E-state index contributed by atoms with van der Waals surface area (Å²) in [6, 6.07) is 19.7. The number of para-hydroxylation sites is 1. The molecule has 1 N–H and O–H groups in total. The predicted octanol–water partition coefficient (Wildman–Crippen LogP) is 3.21. The summed E-state index contributed by atoms with van der Waals surface area (Å²) in [5, 5.41) is 11.5. The first-order valence-electron chi connectivity index (χ1n) is 10.2. The van der Waals surface area contributed by atoms with Crippen molar-refractivity contribution in [1.82, 2.24) is 14.5 Å². The van der Waals surface area contributed by atoms with Crippen molar-refractivity contribution in [3.8, 4) is 11.5 Å². The van der Waals surface area contributed by atoms with Crippen LogP contribution in [0.2, 0.25) is 0 Å². The first-order chi connectivity index (χ1) is 15.1. The first kappa shape index (κ1) is 21.1. The molecule has 2 heterocycles. The van der Waals surface area contributed by atoms with Gasteiger partial charge in [-0.15, -0.1) is 10.2 Å². The highest BCUT2D eigenvalue weighted by Gasteiger charge is 2.29. The lowest BCUT2D eigenvalue weighted by atomic mass is 10.3. The largest absolute Gasteiger partial charge is 0.457 e. The molecule has 0 spiro atoms. The normalized spacial score (nSPS) is 14.9. The van der Waals surface area contributed by atoms with E-state index in [4.69, 9.17) is 4.74 Å². The zero-order chi connectivity index (χ0) is 21.7. The van der Waals surface area contributed by atoms with Crippen LogP contribution in [0.4, 0.5) is 11.6 Å². The van der Waals surface area contributed by atoms with E-state index in [1.54, 1.807) is 24.3 Å². The average molecular weight is 440 g/mol. The molecule has 0 bridgehead atoms. The molecular weight excluding hydrogens is 414 g/mol. The standard InChI is InChI=1S/C22H25N5O3S/c1-2-23-21-12-13-22(25-24-21)26-14-16-27(17-15-26)31(28,29)20-10-8-19(9-11-20)30-18-6-4-3-5-7-18/h3-13H,2,14-17H2,1H3,(H,23,24). The predicted molar refractivity (Wildman–Crippen MR) is 120 cm³/mol. The van der Waals surface area contributed by atoms with Gasteiger partial charge in [0.15, 0.2) is 5.82 Å². The van der Waals surface area contributed by atoms with Gasteiger partial charge >= 0.3 is 0 Å². The van der Waals surface area contributed by atoms with Crippen molar-refractivity contribution < 1.29 is 13.2 Å². The molecule has 1 fully saturated rings. The van der Waals surface area contributed by atoms with Crippen molar-refractivity contribution in [2.24, 2.45) is 0 Å². The third-order valence-electron chi connectivity index (χ3n) is 5.01. The minimum atomic E-state index is -3.57. The summed E-state index contributed by atoms with van der Waals surface area (Å²) in [7, 11) is -3.57. The number of nitrogens with zero attached hydrogens (tertiary/aromatic N) is 4. The Labute approximate surface area is 182 Å². The Morgan fingerprint density at radius 1 is 0.871 bits per heavy atom. The van der Waals surface area contributed by atoms with Gasteiger partial charge in [-0.3, -0.25) is 0 Å². The molecule has 0 atom stereocenters. The van der Waals surface area contributed by atoms with Crippen LogP contribution < -0.4 is 15.0 Å². The number of ether oxygens (including phenoxy) is 1. The van der Waals surface area contributed by atoms with Crippen molar-refractivity contribution in [3.63, 3.8) is 0 Å². The van der Waals surface area contributed by atoms with Crippen LogP contribution in [0.5, 0.6) is 11.5 Å². The van der Waals surface area contributed by atoms with Crippen molar-refractivity contribution in [1.29, 1.82) is 0 Å². The summed E-state index contributed by atoms with van der Waals surface area (Å²) in [5.41, 5.74) is 0. The fourth-order valence-corrected chi connectivity index (χ4v) is 4.80. The minimum absolute atomic E-state index is 0.260. The number of benzene rings is 2. The second-order valence-electron chi connectivity index (χ2n) is 7.08. The molecule has 4 rings (SSSR count). The van der Waals surface area contributed by atoms with Gasteiger partial charge in [0.2, 0.25) is 10.0 Å². The van der Waals surface area contributed by atoms with E-state index in [1.165, 1.54) is 4.31 Å². The number of hydrogen-bond donors (Lipinski definition) is 1. The lowest BCUT2D eigenvalue weighted by Crippen LogP contribution is -2.48. The van der Waals surface area contributed by atoms with Gasteiger partial charge in [-0.05, 0) is 55.5 Å². The monoisotopic (exact) mass is 439 g/mol. The Balaban J connectivity index is 1.38. The average Bonchev–Trinajstić information content (AvgIpc) is 2.81. The van der Waals surface area contributed by atoms with Gasteiger partial charge in [0.05, 0.1) is 4.90 Å². The number of piperazine rings is 1. The molecule has 8 nitrogen and oxygen atoms in total. The van der Waals surface area contributed by atoms with Gasteiger partial charge in [-0.1, -0.05) is 18.2 Å². The second-order valence-corrected chi connectivity index (χ2v) is 9.02. The maximum Gasteiger partial charge on any atom is 0.243 e. The van der Waals surface area contributed by atoms with Crippen molar-refractivity contribution in [2.45, 2.75) is 11.8 Å². The van der Waals surface area contributed by atoms with Crippen LogP contribution in [-0.4, -0.2) is 55.6 Å². The lowest BCUT2D eigenvalue weighted by molar-refractivity contribution is 0.383. The topological polar surface area (TPSA) is 87.7 Å². The highest BCUT2D eigenvalue weighted by molar-refractivity contribution is 7.89. The molecule has 0 saturated carbocycles. The van der Waals surface area contributed by atoms with Gasteiger partial charge in [0.1, 0.15) is 17.3 Å². The molecule has 0 amide bonds. The molecule has 1 aliphatic heterocycles. The molecule has 2 aromatic carbocycles. The third kappa shape index (κ3) is 4.95. The van der Waals surface area contributed by atoms with Crippen LogP contribution >= 0.6 is 0 Å². The fourth-order valence-electron chi connectivity index (χ4n) is 3.38. The Bertz CT molecular complexity index is 1080. The Morgan fingerprint density at radius 3 is 2.16 bits per heavy atom. The van der Waals surface area contributed by atoms with Crippen LogP contribution in [0.25, 0.3) is 0 Å². The number of anilines is 2. The summed E-state index contributed by atoms with van der Waals surface area (Å²) < 4.78 is 33.4. The molecule has 9 heteroatoms. The van der Waals surface area contributed by atoms with Crippen LogP contribution in [0.3, 0.4) is 0 Å². The molecule has 0 radical (unpaired) electrons. The van der Waals surface area contributed by atoms with E-state index in [1.807, 2.05) is 54.3 Å². The maximum absolute atomic E-state index is 13.0. The van der Waals surface area contributed by atoms with E-state index in [9.17, 15) is 8.42 Å². The highest BCUT2D eigenvalue weighted by Crippen LogP contribution is 2.25. The number of nitrogens with one attached hydrogen (secondary N) is 1. The third-order valence-corrected chi connectivity index (χ3v) is 6.92. The van der Waals surface area contributed by atoms with E-state index in [2.05, 4.69) is 15.5 Å². The van der Waals surface area contributed by atoms with Gasteiger partial charge in [0, 0.05) is 32.7 Å². The van der Waals surface area contributed by atoms with Crippen molar-refractivity contribution >= 4 is 21.7 Å². The summed E-state index contributed by atoms with van der Waals surface area (Å²) >= 11 is 0. The summed E-state index contributed by atoms with van der Waals surface area (Å²) in [6.07, 6.45) is 0. The molecule has 0 unspecified atom stereocenters. The quantitative estimate of drug-likeness (QED) is 0.605. The van der Waals surface area contributed by atoms with Crippen LogP contribution in [-0.2, 0) is 10.0 Å². The zero-order valence-electron chi connectivity index (χ0n) is 17.3. The van der Waals surface area contributed by atoms with E-state index in [-0.39, 0.29) is 4.90 Å². The number of aromatic nitrogens is 2. The van der Waals surface area contributed by atoms with Crippen molar-refractivity contribution in [2.75, 3.05) is 42.9 Å². The molecule has 1 aliphatic rings. The molecular formula is C22H25N5O3S. The Morgan fingerprint density at radius 2 is 1.55 bits per heavy atom. The number of hydrogen-bond acceptors (Lipinski definition) is 7. The molecule has 31 heavy (non-hydrogen) atoms. The second kappa shape index (κ2) is 9.32. The lowest BCUT2D eigenvalue weighted by Gasteiger charge is -2.34. The maximum atomic E-state index is 13.0. The molecule has 1 saturated heterocycles. The Hall–Kier alpha value is -3.17. The van der Waals surface area contributed by atoms with E-state index in [0.29, 0.717) is 37.7 Å². The van der Waals surface area contributed by atoms with Gasteiger partial charge < -0.3 is 15.0 Å². The van der Waals surface area contributed by atoms with E-state index in [0.717, 1.165) is 18.2 Å². The van der Waals surface area contributed by atoms with Gasteiger partial charge in [-0.2, -0.15) is 4.31 Å². The number of sulfonamides is 1. The summed E-state index contributed by atoms with van der Waals surface area (Å²) in [6.45, 7) is 4.68. The summed E-state index contributed by atoms with van der Waals surface area (Å²) in [5.74, 6) is 2.78. The molecule has 3 aromatic rings. The molecule has 162 valence electrons. The first-order valence-corrected chi connectivity index (χ1v) is 11.7. The van der Waals surface area contributed by atoms with Crippen LogP contribution in [0.1, 0.15) is 6.92 Å². The number of rotatable bonds is 7. The van der Waals surface area contributed by atoms with Gasteiger partial charge in [0.25, 0.3) is 0 Å². The van der Waals surface area contributed by atoms with Crippen molar-refractivity contribution in [3.05, 3.63) is 66.7 Å². The smallest absolute Gasteiger partial charge is 0.243 e. The fraction of sp³-hybridized carbons (Fsp3) is 0.273. The minimum Gasteiger partial charge on any atom is -0.457 e. The van der Waals surface area contributed by atoms with Gasteiger partial charge in [-0.25, -0.2) is 8.42 Å². The Kier molecular flexibility index (Phi) is 6.34. The van der Waals surface area contributed by atoms with E-state index >= 15 is 0 Å². The SMILES string of the molecule is CCNc1ccc(N2CCN(S(=O)(=O)c3ccc(Oc4ccccc4)cc3)CC2)nn1. The molecule has 1 aromatic heterocycles. The highest BCUT2D eigenvalue weighted by atomic mass is 32.2. The van der Waals surface area contributed by atoms with E-state index < -0.39 is 10.0 Å². The summed E-state index contributed by atoms with van der Waals surface area (Å²) in [4.78, 5) is 2.31. The van der Waals surface area contributed by atoms with Crippen LogP contribution in [0.15, 0.2) is 71.6 Å². The zero-order valence-corrected chi connectivity index (χ0v) is 18.1. The molecule has 0 aliphatic carbocycles. The van der Waals surface area contributed by atoms with Crippen LogP contribution in [0, 0.1) is 0 Å².